The van der Waals surface area contributed by atoms with Crippen molar-refractivity contribution in [3.63, 3.8) is 0 Å². The molecule has 1 N–H and O–H groups in total. The first-order valence-electron chi connectivity index (χ1n) is 9.01. The van der Waals surface area contributed by atoms with E-state index in [2.05, 4.69) is 15.5 Å². The third-order valence-corrected chi connectivity index (χ3v) is 4.06. The van der Waals surface area contributed by atoms with Crippen molar-refractivity contribution in [3.05, 3.63) is 47.7 Å². The van der Waals surface area contributed by atoms with Gasteiger partial charge in [0.15, 0.2) is 6.10 Å². The Morgan fingerprint density at radius 2 is 1.86 bits per heavy atom. The zero-order chi connectivity index (χ0) is 20.5. The topological polar surface area (TPSA) is 94.3 Å². The fourth-order valence-corrected chi connectivity index (χ4v) is 2.76. The number of esters is 1. The second kappa shape index (κ2) is 7.42. The molecule has 0 saturated heterocycles. The second-order valence-electron chi connectivity index (χ2n) is 7.66. The number of aryl methyl sites for hydroxylation is 1. The molecule has 2 heterocycles. The summed E-state index contributed by atoms with van der Waals surface area (Å²) in [4.78, 5) is 29.6. The number of pyridine rings is 1. The van der Waals surface area contributed by atoms with Crippen molar-refractivity contribution in [2.75, 3.05) is 0 Å². The molecule has 0 bridgehead atoms. The van der Waals surface area contributed by atoms with Crippen LogP contribution in [-0.4, -0.2) is 33.7 Å². The molecular weight excluding hydrogens is 358 g/mol. The van der Waals surface area contributed by atoms with Gasteiger partial charge in [0.25, 0.3) is 11.6 Å². The van der Waals surface area contributed by atoms with Gasteiger partial charge in [-0.2, -0.15) is 0 Å². The molecule has 1 aromatic carbocycles. The van der Waals surface area contributed by atoms with Crippen LogP contribution < -0.4 is 5.32 Å². The highest BCUT2D eigenvalue weighted by Gasteiger charge is 2.26. The summed E-state index contributed by atoms with van der Waals surface area (Å²) in [5.41, 5.74) is 2.00. The van der Waals surface area contributed by atoms with Crippen molar-refractivity contribution in [2.24, 2.45) is 0 Å². The second-order valence-corrected chi connectivity index (χ2v) is 7.66. The summed E-state index contributed by atoms with van der Waals surface area (Å²) >= 11 is 0. The van der Waals surface area contributed by atoms with Gasteiger partial charge in [-0.15, -0.1) is 0 Å². The molecule has 3 aromatic rings. The van der Waals surface area contributed by atoms with Gasteiger partial charge < -0.3 is 14.6 Å². The number of nitrogens with one attached hydrogen (secondary N) is 1. The number of fused-ring (bicyclic) bond motifs is 1. The Kier molecular flexibility index (Phi) is 5.18. The summed E-state index contributed by atoms with van der Waals surface area (Å²) in [5, 5.41) is 7.19. The highest BCUT2D eigenvalue weighted by atomic mass is 16.5. The van der Waals surface area contributed by atoms with Gasteiger partial charge >= 0.3 is 5.97 Å². The molecule has 0 aliphatic heterocycles. The number of carbonyl (C=O) groups is 2. The molecule has 7 nitrogen and oxygen atoms in total. The normalized spacial score (nSPS) is 12.6. The van der Waals surface area contributed by atoms with Crippen LogP contribution in [-0.2, 0) is 9.53 Å². The molecule has 0 aliphatic rings. The molecular formula is C21H23N3O4. The van der Waals surface area contributed by atoms with Gasteiger partial charge in [0.05, 0.1) is 22.3 Å². The fraction of sp³-hybridized carbons (Fsp3) is 0.333. The monoisotopic (exact) mass is 381 g/mol. The minimum absolute atomic E-state index is 0.248. The first-order valence-corrected chi connectivity index (χ1v) is 9.01. The smallest absolute Gasteiger partial charge is 0.339 e. The number of carbonyl (C=O) groups excluding carboxylic acids is 2. The van der Waals surface area contributed by atoms with E-state index in [1.165, 1.54) is 6.92 Å². The molecule has 0 spiro atoms. The lowest BCUT2D eigenvalue weighted by molar-refractivity contribution is -0.130. The average Bonchev–Trinajstić information content (AvgIpc) is 3.01. The van der Waals surface area contributed by atoms with E-state index in [0.29, 0.717) is 16.8 Å². The van der Waals surface area contributed by atoms with E-state index in [1.807, 2.05) is 51.1 Å². The van der Waals surface area contributed by atoms with Crippen LogP contribution in [0, 0.1) is 6.92 Å². The summed E-state index contributed by atoms with van der Waals surface area (Å²) < 4.78 is 10.7. The van der Waals surface area contributed by atoms with E-state index in [1.54, 1.807) is 13.0 Å². The minimum atomic E-state index is -0.949. The SMILES string of the molecule is Cc1noc2nc(-c3ccccc3)cc(C(=O)OC(C)C(=O)NC(C)(C)C)c12. The number of amides is 1. The summed E-state index contributed by atoms with van der Waals surface area (Å²) in [7, 11) is 0. The maximum atomic E-state index is 12.9. The molecule has 1 unspecified atom stereocenters. The van der Waals surface area contributed by atoms with Crippen LogP contribution in [0.4, 0.5) is 0 Å². The van der Waals surface area contributed by atoms with Gasteiger partial charge in [-0.25, -0.2) is 9.78 Å². The average molecular weight is 381 g/mol. The number of rotatable bonds is 4. The van der Waals surface area contributed by atoms with Crippen LogP contribution in [0.2, 0.25) is 0 Å². The molecule has 0 saturated carbocycles. The van der Waals surface area contributed by atoms with Crippen LogP contribution in [0.1, 0.15) is 43.7 Å². The Morgan fingerprint density at radius 1 is 1.18 bits per heavy atom. The van der Waals surface area contributed by atoms with Crippen LogP contribution in [0.5, 0.6) is 0 Å². The van der Waals surface area contributed by atoms with Gasteiger partial charge in [0.1, 0.15) is 0 Å². The molecule has 7 heteroatoms. The maximum absolute atomic E-state index is 12.9. The van der Waals surface area contributed by atoms with Crippen LogP contribution in [0.15, 0.2) is 40.9 Å². The molecule has 0 fully saturated rings. The van der Waals surface area contributed by atoms with Crippen LogP contribution in [0.25, 0.3) is 22.4 Å². The van der Waals surface area contributed by atoms with E-state index in [4.69, 9.17) is 9.26 Å². The number of nitrogens with zero attached hydrogens (tertiary/aromatic N) is 2. The highest BCUT2D eigenvalue weighted by molar-refractivity contribution is 6.05. The third kappa shape index (κ3) is 4.19. The number of hydrogen-bond donors (Lipinski definition) is 1. The Hall–Kier alpha value is -3.22. The largest absolute Gasteiger partial charge is 0.449 e. The van der Waals surface area contributed by atoms with Crippen molar-refractivity contribution in [3.8, 4) is 11.3 Å². The number of aromatic nitrogens is 2. The lowest BCUT2D eigenvalue weighted by atomic mass is 10.1. The lowest BCUT2D eigenvalue weighted by Gasteiger charge is -2.23. The van der Waals surface area contributed by atoms with Crippen LogP contribution in [0.3, 0.4) is 0 Å². The van der Waals surface area contributed by atoms with E-state index < -0.39 is 17.6 Å². The number of benzene rings is 1. The summed E-state index contributed by atoms with van der Waals surface area (Å²) in [5.74, 6) is -0.996. The Balaban J connectivity index is 1.96. The number of ether oxygens (including phenoxy) is 1. The van der Waals surface area contributed by atoms with Gasteiger partial charge in [-0.3, -0.25) is 4.79 Å². The molecule has 3 rings (SSSR count). The first kappa shape index (κ1) is 19.5. The Morgan fingerprint density at radius 3 is 2.50 bits per heavy atom. The summed E-state index contributed by atoms with van der Waals surface area (Å²) in [6.07, 6.45) is -0.949. The van der Waals surface area contributed by atoms with Crippen molar-refractivity contribution < 1.29 is 18.8 Å². The van der Waals surface area contributed by atoms with E-state index in [0.717, 1.165) is 5.56 Å². The fourth-order valence-electron chi connectivity index (χ4n) is 2.76. The quantitative estimate of drug-likeness (QED) is 0.693. The van der Waals surface area contributed by atoms with Gasteiger partial charge in [-0.1, -0.05) is 35.5 Å². The van der Waals surface area contributed by atoms with Gasteiger partial charge in [0, 0.05) is 11.1 Å². The molecule has 2 aromatic heterocycles. The molecule has 146 valence electrons. The maximum Gasteiger partial charge on any atom is 0.339 e. The van der Waals surface area contributed by atoms with Crippen molar-refractivity contribution in [1.29, 1.82) is 0 Å². The third-order valence-electron chi connectivity index (χ3n) is 4.06. The Bertz CT molecular complexity index is 1020. The predicted molar refractivity (Wildman–Crippen MR) is 105 cm³/mol. The zero-order valence-corrected chi connectivity index (χ0v) is 16.6. The van der Waals surface area contributed by atoms with Crippen molar-refractivity contribution in [2.45, 2.75) is 46.3 Å². The highest BCUT2D eigenvalue weighted by Crippen LogP contribution is 2.27. The molecule has 0 radical (unpaired) electrons. The van der Waals surface area contributed by atoms with E-state index in [9.17, 15) is 9.59 Å². The lowest BCUT2D eigenvalue weighted by Crippen LogP contribution is -2.46. The first-order chi connectivity index (χ1) is 13.2. The van der Waals surface area contributed by atoms with Crippen molar-refractivity contribution >= 4 is 23.0 Å². The predicted octanol–water partition coefficient (Wildman–Crippen LogP) is 3.66. The van der Waals surface area contributed by atoms with Crippen LogP contribution >= 0.6 is 0 Å². The van der Waals surface area contributed by atoms with Crippen molar-refractivity contribution in [1.82, 2.24) is 15.5 Å². The summed E-state index contributed by atoms with van der Waals surface area (Å²) in [6.45, 7) is 8.84. The molecule has 1 atom stereocenters. The molecule has 1 amide bonds. The molecule has 28 heavy (non-hydrogen) atoms. The summed E-state index contributed by atoms with van der Waals surface area (Å²) in [6, 6.07) is 11.1. The minimum Gasteiger partial charge on any atom is -0.449 e. The standard InChI is InChI=1S/C21H23N3O4/c1-12-17-15(20(26)27-13(2)18(25)23-21(3,4)5)11-16(22-19(17)28-24-12)14-9-7-6-8-10-14/h6-11,13H,1-5H3,(H,23,25). The Labute approximate surface area is 163 Å². The van der Waals surface area contributed by atoms with E-state index in [-0.39, 0.29) is 17.2 Å². The van der Waals surface area contributed by atoms with Gasteiger partial charge in [-0.05, 0) is 40.7 Å². The zero-order valence-electron chi connectivity index (χ0n) is 16.6. The van der Waals surface area contributed by atoms with Gasteiger partial charge in [0.2, 0.25) is 0 Å². The molecule has 0 aliphatic carbocycles. The van der Waals surface area contributed by atoms with E-state index >= 15 is 0 Å². The number of hydrogen-bond acceptors (Lipinski definition) is 6.